The maximum atomic E-state index is 5.43. The second-order valence-electron chi connectivity index (χ2n) is 15.5. The first-order valence-electron chi connectivity index (χ1n) is 19.1. The molecule has 9 rings (SSSR count). The van der Waals surface area contributed by atoms with Crippen LogP contribution in [0, 0.1) is 6.92 Å². The first-order valence-corrected chi connectivity index (χ1v) is 19.1. The zero-order valence-electron chi connectivity index (χ0n) is 32.2. The second kappa shape index (κ2) is 14.9. The minimum absolute atomic E-state index is 0. The number of nitrogens with zero attached hydrogens (tertiary/aromatic N) is 4. The van der Waals surface area contributed by atoms with E-state index in [2.05, 4.69) is 180 Å². The molecule has 0 saturated carbocycles. The van der Waals surface area contributed by atoms with Crippen LogP contribution in [0.1, 0.15) is 67.2 Å². The van der Waals surface area contributed by atoms with Gasteiger partial charge in [0.05, 0.1) is 22.8 Å². The summed E-state index contributed by atoms with van der Waals surface area (Å²) in [4.78, 5) is 21.6. The van der Waals surface area contributed by atoms with Crippen LogP contribution < -0.4 is 9.97 Å². The molecular weight excluding hydrogens is 727 g/mol. The molecular formula is C51H42N4Ni. The molecule has 2 aliphatic heterocycles. The molecule has 5 heteroatoms. The molecule has 0 amide bonds. The average Bonchev–Trinajstić information content (AvgIpc) is 4.04. The Morgan fingerprint density at radius 2 is 0.804 bits per heavy atom. The summed E-state index contributed by atoms with van der Waals surface area (Å²) in [5, 5.41) is 0. The monoisotopic (exact) mass is 768 g/mol. The Kier molecular flexibility index (Phi) is 9.82. The van der Waals surface area contributed by atoms with Gasteiger partial charge in [0, 0.05) is 0 Å². The number of aryl methyl sites for hydroxylation is 2. The molecule has 0 radical (unpaired) electrons. The van der Waals surface area contributed by atoms with E-state index in [9.17, 15) is 0 Å². The molecule has 0 unspecified atom stereocenters. The van der Waals surface area contributed by atoms with E-state index in [0.717, 1.165) is 95.8 Å². The smallest absolute Gasteiger partial charge is 0.657 e. The standard InChI is InChI=1S/C51H42N4.Ni/c1-6-33-14-18-36(19-15-33)49-43-27-25-40(53-43)47(34-10-8-7-9-11-34)39-24-26-41(52-39)48(35-16-12-32(2)13-17-35)42-28-30-45(54-42)50(46-31-29-44(49)55-46)37-20-22-38(23-21-37)51(3,4)5;/h7-31H,6H2,1-5H3;/q-2;+2. The van der Waals surface area contributed by atoms with Gasteiger partial charge in [-0.3, -0.25) is 0 Å². The number of fused-ring (bicyclic) bond motifs is 8. The van der Waals surface area contributed by atoms with Gasteiger partial charge in [-0.2, -0.15) is 0 Å². The van der Waals surface area contributed by atoms with Gasteiger partial charge in [-0.25, -0.2) is 9.97 Å². The van der Waals surface area contributed by atoms with E-state index in [1.54, 1.807) is 0 Å². The molecule has 5 heterocycles. The van der Waals surface area contributed by atoms with Crippen molar-refractivity contribution < 1.29 is 16.5 Å². The van der Waals surface area contributed by atoms with E-state index >= 15 is 0 Å². The van der Waals surface area contributed by atoms with E-state index < -0.39 is 0 Å². The number of rotatable bonds is 5. The molecule has 8 bridgehead atoms. The largest absolute Gasteiger partial charge is 2.00 e. The van der Waals surface area contributed by atoms with Gasteiger partial charge >= 0.3 is 16.5 Å². The Morgan fingerprint density at radius 1 is 0.446 bits per heavy atom. The van der Waals surface area contributed by atoms with E-state index in [-0.39, 0.29) is 21.9 Å². The Bertz CT molecular complexity index is 2800. The van der Waals surface area contributed by atoms with Crippen LogP contribution >= 0.6 is 0 Å². The van der Waals surface area contributed by atoms with Crippen LogP contribution in [-0.4, -0.2) is 9.97 Å². The SMILES string of the molecule is CCc1ccc(-c2c3nc(c(-c4ccccc4)c4ccc([n-]4)c(-c4ccc(C)cc4)c4nc(c(-c5ccc(C(C)(C)C)cc5)c5ccc2[n-]5)C=C4)C=C3)cc1.[Ni+2]. The predicted octanol–water partition coefficient (Wildman–Crippen LogP) is 12.7. The summed E-state index contributed by atoms with van der Waals surface area (Å²) in [6.07, 6.45) is 9.48. The van der Waals surface area contributed by atoms with Gasteiger partial charge in [0.2, 0.25) is 0 Å². The van der Waals surface area contributed by atoms with Gasteiger partial charge in [0.25, 0.3) is 0 Å². The third-order valence-corrected chi connectivity index (χ3v) is 10.7. The molecule has 276 valence electrons. The van der Waals surface area contributed by atoms with E-state index in [4.69, 9.17) is 19.9 Å². The van der Waals surface area contributed by atoms with Crippen molar-refractivity contribution in [2.75, 3.05) is 0 Å². The van der Waals surface area contributed by atoms with Crippen LogP contribution in [-0.2, 0) is 28.3 Å². The van der Waals surface area contributed by atoms with Crippen molar-refractivity contribution in [2.24, 2.45) is 0 Å². The minimum Gasteiger partial charge on any atom is -0.657 e. The van der Waals surface area contributed by atoms with Crippen molar-refractivity contribution >= 4 is 46.4 Å². The molecule has 0 aliphatic carbocycles. The molecule has 4 nitrogen and oxygen atoms in total. The maximum absolute atomic E-state index is 5.43. The predicted molar refractivity (Wildman–Crippen MR) is 231 cm³/mol. The number of benzene rings is 4. The van der Waals surface area contributed by atoms with Crippen molar-refractivity contribution in [2.45, 2.75) is 46.5 Å². The van der Waals surface area contributed by atoms with Crippen LogP contribution in [0.4, 0.5) is 0 Å². The van der Waals surface area contributed by atoms with E-state index in [0.29, 0.717) is 0 Å². The third kappa shape index (κ3) is 6.89. The summed E-state index contributed by atoms with van der Waals surface area (Å²) in [5.74, 6) is 0. The third-order valence-electron chi connectivity index (χ3n) is 10.7. The second-order valence-corrected chi connectivity index (χ2v) is 15.5. The van der Waals surface area contributed by atoms with Gasteiger partial charge in [0.15, 0.2) is 0 Å². The molecule has 0 N–H and O–H groups in total. The van der Waals surface area contributed by atoms with Crippen molar-refractivity contribution in [1.29, 1.82) is 0 Å². The summed E-state index contributed by atoms with van der Waals surface area (Å²) in [7, 11) is 0. The summed E-state index contributed by atoms with van der Waals surface area (Å²) < 4.78 is 0. The zero-order valence-corrected chi connectivity index (χ0v) is 33.2. The quantitative estimate of drug-likeness (QED) is 0.164. The van der Waals surface area contributed by atoms with Crippen molar-refractivity contribution in [3.63, 3.8) is 0 Å². The van der Waals surface area contributed by atoms with Crippen LogP contribution in [0.3, 0.4) is 0 Å². The fourth-order valence-corrected chi connectivity index (χ4v) is 7.64. The molecule has 4 aromatic carbocycles. The van der Waals surface area contributed by atoms with Gasteiger partial charge in [-0.15, -0.1) is 22.1 Å². The first-order chi connectivity index (χ1) is 26.7. The van der Waals surface area contributed by atoms with Crippen LogP contribution in [0.2, 0.25) is 0 Å². The molecule has 7 aromatic rings. The topological polar surface area (TPSA) is 54.0 Å². The average molecular weight is 770 g/mol. The fraction of sp³-hybridized carbons (Fsp3) is 0.137. The van der Waals surface area contributed by atoms with Crippen molar-refractivity contribution in [3.8, 4) is 44.5 Å². The molecule has 3 aromatic heterocycles. The summed E-state index contributed by atoms with van der Waals surface area (Å²) >= 11 is 0. The summed E-state index contributed by atoms with van der Waals surface area (Å²) in [6.45, 7) is 11.0. The van der Waals surface area contributed by atoms with Crippen LogP contribution in [0.5, 0.6) is 0 Å². The molecule has 0 saturated heterocycles. The summed E-state index contributed by atoms with van der Waals surface area (Å²) in [6, 6.07) is 45.3. The Labute approximate surface area is 339 Å². The first kappa shape index (κ1) is 36.9. The van der Waals surface area contributed by atoms with Gasteiger partial charge in [0.1, 0.15) is 0 Å². The van der Waals surface area contributed by atoms with Crippen LogP contribution in [0.15, 0.2) is 127 Å². The Balaban J connectivity index is 0.00000441. The van der Waals surface area contributed by atoms with E-state index in [1.165, 1.54) is 16.7 Å². The molecule has 0 spiro atoms. The zero-order chi connectivity index (χ0) is 37.7. The van der Waals surface area contributed by atoms with Gasteiger partial charge < -0.3 is 9.97 Å². The Morgan fingerprint density at radius 3 is 1.18 bits per heavy atom. The number of hydrogen-bond acceptors (Lipinski definition) is 2. The van der Waals surface area contributed by atoms with Crippen LogP contribution in [0.25, 0.3) is 90.9 Å². The minimum atomic E-state index is 0. The molecule has 0 atom stereocenters. The molecule has 2 aliphatic rings. The normalized spacial score (nSPS) is 12.2. The van der Waals surface area contributed by atoms with Crippen molar-refractivity contribution in [1.82, 2.24) is 19.9 Å². The fourth-order valence-electron chi connectivity index (χ4n) is 7.64. The maximum Gasteiger partial charge on any atom is 2.00 e. The number of aromatic nitrogens is 4. The Hall–Kier alpha value is -6.03. The molecule has 0 fully saturated rings. The van der Waals surface area contributed by atoms with Crippen molar-refractivity contribution in [3.05, 3.63) is 167 Å². The number of hydrogen-bond donors (Lipinski definition) is 0. The summed E-state index contributed by atoms with van der Waals surface area (Å²) in [5.41, 5.74) is 18.9. The van der Waals surface area contributed by atoms with Gasteiger partial charge in [-0.1, -0.05) is 161 Å². The molecule has 56 heavy (non-hydrogen) atoms. The van der Waals surface area contributed by atoms with E-state index in [1.807, 2.05) is 6.07 Å². The van der Waals surface area contributed by atoms with Gasteiger partial charge in [-0.05, 0) is 98.7 Å².